The highest BCUT2D eigenvalue weighted by molar-refractivity contribution is 5.09. The molecule has 0 saturated carbocycles. The summed E-state index contributed by atoms with van der Waals surface area (Å²) in [6, 6.07) is -3.19. The van der Waals surface area contributed by atoms with Crippen molar-refractivity contribution in [2.45, 2.75) is 18.3 Å². The fourth-order valence-electron chi connectivity index (χ4n) is 0.968. The highest BCUT2D eigenvalue weighted by Gasteiger charge is 2.29. The Labute approximate surface area is 128 Å². The van der Waals surface area contributed by atoms with Crippen LogP contribution in [0.1, 0.15) is 0 Å². The molecular weight excluding hydrogens is 360 g/mol. The topological polar surface area (TPSA) is 127 Å². The van der Waals surface area contributed by atoms with Crippen molar-refractivity contribution in [2.24, 2.45) is 0 Å². The number of rotatable bonds is 9. The lowest BCUT2D eigenvalue weighted by molar-refractivity contribution is -0.218. The van der Waals surface area contributed by atoms with Gasteiger partial charge in [0.25, 0.3) is 0 Å². The standard InChI is InChI=1S/C9H9F6N3O6/c10-7(11,19)1-22-4-16-5(23-2-8(12,13)20)18-6(17-4)24-3-9(14,15)21/h19-21H,1-3H2. The normalized spacial score (nSPS) is 12.9. The van der Waals surface area contributed by atoms with Gasteiger partial charge in [-0.25, -0.2) is 0 Å². The van der Waals surface area contributed by atoms with Crippen LogP contribution >= 0.6 is 0 Å². The first-order chi connectivity index (χ1) is 10.7. The Morgan fingerprint density at radius 1 is 0.583 bits per heavy atom. The molecule has 1 aromatic heterocycles. The van der Waals surface area contributed by atoms with Gasteiger partial charge in [-0.1, -0.05) is 0 Å². The minimum atomic E-state index is -4.31. The van der Waals surface area contributed by atoms with Gasteiger partial charge in [-0.3, -0.25) is 0 Å². The maximum absolute atomic E-state index is 12.3. The Balaban J connectivity index is 2.91. The highest BCUT2D eigenvalue weighted by atomic mass is 19.3. The third-order valence-electron chi connectivity index (χ3n) is 1.70. The Morgan fingerprint density at radius 3 is 0.958 bits per heavy atom. The van der Waals surface area contributed by atoms with Crippen molar-refractivity contribution in [3.05, 3.63) is 0 Å². The fraction of sp³-hybridized carbons (Fsp3) is 0.667. The van der Waals surface area contributed by atoms with E-state index in [1.165, 1.54) is 0 Å². The monoisotopic (exact) mass is 369 g/mol. The predicted octanol–water partition coefficient (Wildman–Crippen LogP) is -0.237. The number of nitrogens with zero attached hydrogens (tertiary/aromatic N) is 3. The van der Waals surface area contributed by atoms with Gasteiger partial charge in [0.15, 0.2) is 19.8 Å². The van der Waals surface area contributed by atoms with Crippen LogP contribution in [0, 0.1) is 0 Å². The van der Waals surface area contributed by atoms with E-state index in [1.807, 2.05) is 0 Å². The second kappa shape index (κ2) is 7.18. The van der Waals surface area contributed by atoms with Crippen molar-refractivity contribution < 1.29 is 55.9 Å². The van der Waals surface area contributed by atoms with Gasteiger partial charge in [-0.15, -0.1) is 15.0 Å². The summed E-state index contributed by atoms with van der Waals surface area (Å²) in [5.74, 6) is 0. The third-order valence-corrected chi connectivity index (χ3v) is 1.70. The van der Waals surface area contributed by atoms with Gasteiger partial charge in [0.2, 0.25) is 0 Å². The lowest BCUT2D eigenvalue weighted by atomic mass is 10.7. The lowest BCUT2D eigenvalue weighted by Crippen LogP contribution is -2.27. The van der Waals surface area contributed by atoms with Crippen molar-refractivity contribution in [1.29, 1.82) is 0 Å². The Morgan fingerprint density at radius 2 is 0.792 bits per heavy atom. The summed E-state index contributed by atoms with van der Waals surface area (Å²) in [5, 5.41) is 24.5. The van der Waals surface area contributed by atoms with Crippen molar-refractivity contribution in [3.63, 3.8) is 0 Å². The molecule has 0 aliphatic heterocycles. The first-order valence-corrected chi connectivity index (χ1v) is 5.69. The van der Waals surface area contributed by atoms with Crippen LogP contribution in [-0.2, 0) is 0 Å². The smallest absolute Gasteiger partial charge is 0.387 e. The second-order valence-corrected chi connectivity index (χ2v) is 4.05. The van der Waals surface area contributed by atoms with Crippen molar-refractivity contribution >= 4 is 0 Å². The first-order valence-electron chi connectivity index (χ1n) is 5.69. The molecule has 15 heteroatoms. The molecule has 0 saturated heterocycles. The van der Waals surface area contributed by atoms with E-state index in [2.05, 4.69) is 29.2 Å². The number of ether oxygens (including phenoxy) is 3. The van der Waals surface area contributed by atoms with Gasteiger partial charge in [0, 0.05) is 0 Å². The van der Waals surface area contributed by atoms with Crippen LogP contribution in [0.2, 0.25) is 0 Å². The summed E-state index contributed by atoms with van der Waals surface area (Å²) in [7, 11) is 0. The minimum absolute atomic E-state index is 1.06. The summed E-state index contributed by atoms with van der Waals surface area (Å²) in [6.45, 7) is -5.04. The van der Waals surface area contributed by atoms with Gasteiger partial charge in [0.05, 0.1) is 0 Å². The molecular formula is C9H9F6N3O6. The molecule has 0 fully saturated rings. The van der Waals surface area contributed by atoms with Crippen molar-refractivity contribution in [3.8, 4) is 18.0 Å². The molecule has 24 heavy (non-hydrogen) atoms. The molecule has 1 heterocycles. The van der Waals surface area contributed by atoms with E-state index in [9.17, 15) is 26.3 Å². The molecule has 138 valence electrons. The molecule has 0 aromatic carbocycles. The number of hydrogen-bond acceptors (Lipinski definition) is 9. The Hall–Kier alpha value is -2.13. The van der Waals surface area contributed by atoms with Crippen LogP contribution < -0.4 is 14.2 Å². The molecule has 0 radical (unpaired) electrons. The van der Waals surface area contributed by atoms with Crippen molar-refractivity contribution in [2.75, 3.05) is 19.8 Å². The van der Waals surface area contributed by atoms with E-state index in [-0.39, 0.29) is 0 Å². The molecule has 3 N–H and O–H groups in total. The number of hydrogen-bond donors (Lipinski definition) is 3. The summed E-state index contributed by atoms with van der Waals surface area (Å²) >= 11 is 0. The summed E-state index contributed by atoms with van der Waals surface area (Å²) in [4.78, 5) is 9.30. The third kappa shape index (κ3) is 9.11. The average molecular weight is 369 g/mol. The van der Waals surface area contributed by atoms with E-state index in [0.29, 0.717) is 0 Å². The van der Waals surface area contributed by atoms with Gasteiger partial charge < -0.3 is 29.5 Å². The Kier molecular flexibility index (Phi) is 5.96. The quantitative estimate of drug-likeness (QED) is 0.506. The molecule has 0 unspecified atom stereocenters. The van der Waals surface area contributed by atoms with Crippen LogP contribution in [-0.4, -0.2) is 68.4 Å². The van der Waals surface area contributed by atoms with E-state index in [1.54, 1.807) is 0 Å². The van der Waals surface area contributed by atoms with E-state index < -0.39 is 56.2 Å². The number of alkyl halides is 6. The number of aromatic nitrogens is 3. The maximum atomic E-state index is 12.3. The summed E-state index contributed by atoms with van der Waals surface area (Å²) in [6.07, 6.45) is -12.9. The number of halogens is 6. The molecule has 0 atom stereocenters. The maximum Gasteiger partial charge on any atom is 0.387 e. The van der Waals surface area contributed by atoms with E-state index in [4.69, 9.17) is 15.3 Å². The van der Waals surface area contributed by atoms with E-state index >= 15 is 0 Å². The largest absolute Gasteiger partial charge is 0.454 e. The van der Waals surface area contributed by atoms with Crippen LogP contribution in [0.5, 0.6) is 18.0 Å². The minimum Gasteiger partial charge on any atom is -0.454 e. The summed E-state index contributed by atoms with van der Waals surface area (Å²) in [5.41, 5.74) is 0. The second-order valence-electron chi connectivity index (χ2n) is 4.05. The van der Waals surface area contributed by atoms with Gasteiger partial charge >= 0.3 is 36.4 Å². The molecule has 0 amide bonds. The van der Waals surface area contributed by atoms with Crippen LogP contribution in [0.25, 0.3) is 0 Å². The van der Waals surface area contributed by atoms with Crippen LogP contribution in [0.3, 0.4) is 0 Å². The molecule has 0 bridgehead atoms. The molecule has 0 aliphatic rings. The van der Waals surface area contributed by atoms with Crippen molar-refractivity contribution in [1.82, 2.24) is 15.0 Å². The lowest BCUT2D eigenvalue weighted by Gasteiger charge is -2.13. The fourth-order valence-corrected chi connectivity index (χ4v) is 0.968. The molecule has 0 spiro atoms. The number of aliphatic hydroxyl groups is 3. The predicted molar refractivity (Wildman–Crippen MR) is 57.8 cm³/mol. The molecule has 9 nitrogen and oxygen atoms in total. The van der Waals surface area contributed by atoms with Crippen LogP contribution in [0.15, 0.2) is 0 Å². The van der Waals surface area contributed by atoms with E-state index in [0.717, 1.165) is 0 Å². The first kappa shape index (κ1) is 19.9. The summed E-state index contributed by atoms with van der Waals surface area (Å²) < 4.78 is 86.1. The SMILES string of the molecule is OC(F)(F)COc1nc(OCC(O)(F)F)nc(OCC(O)(F)F)n1. The molecule has 1 aromatic rings. The zero-order valence-electron chi connectivity index (χ0n) is 11.3. The van der Waals surface area contributed by atoms with Gasteiger partial charge in [-0.2, -0.15) is 26.3 Å². The Bertz CT molecular complexity index is 458. The zero-order chi connectivity index (χ0) is 18.6. The molecule has 0 aliphatic carbocycles. The van der Waals surface area contributed by atoms with Gasteiger partial charge in [-0.05, 0) is 0 Å². The molecule has 1 rings (SSSR count). The average Bonchev–Trinajstić information content (AvgIpc) is 2.38. The van der Waals surface area contributed by atoms with Crippen LogP contribution in [0.4, 0.5) is 26.3 Å². The zero-order valence-corrected chi connectivity index (χ0v) is 11.3. The van der Waals surface area contributed by atoms with Gasteiger partial charge in [0.1, 0.15) is 0 Å². The highest BCUT2D eigenvalue weighted by Crippen LogP contribution is 2.20.